The van der Waals surface area contributed by atoms with Gasteiger partial charge >= 0.3 is 0 Å². The van der Waals surface area contributed by atoms with E-state index < -0.39 is 0 Å². The van der Waals surface area contributed by atoms with E-state index in [0.29, 0.717) is 17.8 Å². The molecule has 5 heteroatoms. The quantitative estimate of drug-likeness (QED) is 0.624. The fraction of sp³-hybridized carbons (Fsp3) is 0.240. The SMILES string of the molecule is CCCCc1ccc(NC(C)=O)c(=O)n1Cc1ccc(-c2ccccc2C#N)cc1. The van der Waals surface area contributed by atoms with Gasteiger partial charge in [0.1, 0.15) is 5.69 Å². The number of nitriles is 1. The molecule has 0 aliphatic carbocycles. The first-order valence-electron chi connectivity index (χ1n) is 10.1. The van der Waals surface area contributed by atoms with Crippen LogP contribution in [0, 0.1) is 11.3 Å². The Hall–Kier alpha value is -3.65. The summed E-state index contributed by atoms with van der Waals surface area (Å²) < 4.78 is 1.74. The highest BCUT2D eigenvalue weighted by Gasteiger charge is 2.11. The standard InChI is InChI=1S/C25H25N3O2/c1-3-4-8-22-14-15-24(27-18(2)29)25(30)28(22)17-19-10-12-20(13-11-19)23-9-6-5-7-21(23)16-26/h5-7,9-15H,3-4,8,17H2,1-2H3,(H,27,29). The van der Waals surface area contributed by atoms with Crippen molar-refractivity contribution in [3.63, 3.8) is 0 Å². The molecule has 3 aromatic rings. The smallest absolute Gasteiger partial charge is 0.274 e. The Balaban J connectivity index is 1.93. The molecule has 3 rings (SSSR count). The van der Waals surface area contributed by atoms with E-state index in [0.717, 1.165) is 41.6 Å². The Bertz CT molecular complexity index is 1140. The van der Waals surface area contributed by atoms with Crippen LogP contribution >= 0.6 is 0 Å². The van der Waals surface area contributed by atoms with Gasteiger partial charge < -0.3 is 9.88 Å². The molecular formula is C25H25N3O2. The van der Waals surface area contributed by atoms with E-state index >= 15 is 0 Å². The maximum absolute atomic E-state index is 13.0. The average molecular weight is 399 g/mol. The lowest BCUT2D eigenvalue weighted by atomic mass is 9.99. The number of anilines is 1. The predicted molar refractivity (Wildman–Crippen MR) is 119 cm³/mol. The number of hydrogen-bond donors (Lipinski definition) is 1. The van der Waals surface area contributed by atoms with E-state index in [9.17, 15) is 14.9 Å². The Morgan fingerprint density at radius 3 is 2.47 bits per heavy atom. The molecule has 1 aromatic heterocycles. The van der Waals surface area contributed by atoms with E-state index in [2.05, 4.69) is 18.3 Å². The van der Waals surface area contributed by atoms with Gasteiger partial charge in [0.2, 0.25) is 5.91 Å². The second-order valence-electron chi connectivity index (χ2n) is 7.27. The summed E-state index contributed by atoms with van der Waals surface area (Å²) in [5.74, 6) is -0.263. The summed E-state index contributed by atoms with van der Waals surface area (Å²) in [6.07, 6.45) is 2.83. The van der Waals surface area contributed by atoms with Crippen LogP contribution in [0.3, 0.4) is 0 Å². The molecule has 0 saturated heterocycles. The number of rotatable bonds is 7. The van der Waals surface area contributed by atoms with Crippen molar-refractivity contribution in [2.45, 2.75) is 39.7 Å². The maximum Gasteiger partial charge on any atom is 0.274 e. The molecule has 0 bridgehead atoms. The minimum absolute atomic E-state index is 0.197. The summed E-state index contributed by atoms with van der Waals surface area (Å²) in [5, 5.41) is 12.0. The topological polar surface area (TPSA) is 74.9 Å². The third-order valence-corrected chi connectivity index (χ3v) is 5.01. The number of nitrogens with zero attached hydrogens (tertiary/aromatic N) is 2. The zero-order valence-electron chi connectivity index (χ0n) is 17.3. The van der Waals surface area contributed by atoms with Crippen LogP contribution in [0.4, 0.5) is 5.69 Å². The zero-order valence-corrected chi connectivity index (χ0v) is 17.3. The number of pyridine rings is 1. The fourth-order valence-electron chi connectivity index (χ4n) is 3.46. The predicted octanol–water partition coefficient (Wildman–Crippen LogP) is 4.74. The van der Waals surface area contributed by atoms with Gasteiger partial charge in [-0.05, 0) is 47.7 Å². The summed E-state index contributed by atoms with van der Waals surface area (Å²) in [6, 6.07) is 21.2. The molecule has 0 aliphatic rings. The highest BCUT2D eigenvalue weighted by atomic mass is 16.2. The lowest BCUT2D eigenvalue weighted by Crippen LogP contribution is -2.28. The van der Waals surface area contributed by atoms with Gasteiger partial charge in [-0.15, -0.1) is 0 Å². The number of aryl methyl sites for hydroxylation is 1. The molecule has 0 spiro atoms. The Morgan fingerprint density at radius 2 is 1.80 bits per heavy atom. The first-order chi connectivity index (χ1) is 14.5. The molecule has 0 aliphatic heterocycles. The van der Waals surface area contributed by atoms with Crippen LogP contribution in [0.1, 0.15) is 43.5 Å². The number of unbranched alkanes of at least 4 members (excludes halogenated alkanes) is 1. The van der Waals surface area contributed by atoms with Gasteiger partial charge in [-0.25, -0.2) is 0 Å². The zero-order chi connectivity index (χ0) is 21.5. The molecule has 0 fully saturated rings. The Morgan fingerprint density at radius 1 is 1.07 bits per heavy atom. The van der Waals surface area contributed by atoms with Crippen LogP contribution in [0.2, 0.25) is 0 Å². The maximum atomic E-state index is 13.0. The molecule has 30 heavy (non-hydrogen) atoms. The van der Waals surface area contributed by atoms with Crippen LogP contribution in [-0.4, -0.2) is 10.5 Å². The first-order valence-corrected chi connectivity index (χ1v) is 10.1. The van der Waals surface area contributed by atoms with Crippen LogP contribution in [-0.2, 0) is 17.8 Å². The molecule has 1 amide bonds. The molecule has 1 N–H and O–H groups in total. The number of carbonyl (C=O) groups is 1. The monoisotopic (exact) mass is 399 g/mol. The summed E-state index contributed by atoms with van der Waals surface area (Å²) in [7, 11) is 0. The summed E-state index contributed by atoms with van der Waals surface area (Å²) in [4.78, 5) is 24.4. The normalized spacial score (nSPS) is 10.4. The van der Waals surface area contributed by atoms with E-state index in [1.807, 2.05) is 48.5 Å². The van der Waals surface area contributed by atoms with E-state index in [1.165, 1.54) is 6.92 Å². The van der Waals surface area contributed by atoms with E-state index in [4.69, 9.17) is 0 Å². The van der Waals surface area contributed by atoms with Gasteiger partial charge in [-0.2, -0.15) is 5.26 Å². The van der Waals surface area contributed by atoms with Gasteiger partial charge in [0.25, 0.3) is 5.56 Å². The second kappa shape index (κ2) is 9.71. The number of nitrogens with one attached hydrogen (secondary N) is 1. The van der Waals surface area contributed by atoms with Crippen molar-refractivity contribution in [3.05, 3.63) is 87.8 Å². The van der Waals surface area contributed by atoms with Crippen molar-refractivity contribution in [1.82, 2.24) is 4.57 Å². The first kappa shape index (κ1) is 21.1. The van der Waals surface area contributed by atoms with Gasteiger partial charge in [0.05, 0.1) is 18.2 Å². The molecule has 0 atom stereocenters. The number of amides is 1. The number of aromatic nitrogens is 1. The molecule has 0 radical (unpaired) electrons. The Labute approximate surface area is 176 Å². The largest absolute Gasteiger partial charge is 0.322 e. The van der Waals surface area contributed by atoms with Crippen molar-refractivity contribution in [2.24, 2.45) is 0 Å². The highest BCUT2D eigenvalue weighted by molar-refractivity contribution is 5.88. The molecule has 1 heterocycles. The van der Waals surface area contributed by atoms with E-state index in [-0.39, 0.29) is 11.5 Å². The fourth-order valence-corrected chi connectivity index (χ4v) is 3.46. The van der Waals surface area contributed by atoms with Gasteiger partial charge in [0, 0.05) is 12.6 Å². The van der Waals surface area contributed by atoms with Crippen molar-refractivity contribution >= 4 is 11.6 Å². The van der Waals surface area contributed by atoms with Gasteiger partial charge in [0.15, 0.2) is 0 Å². The van der Waals surface area contributed by atoms with Crippen molar-refractivity contribution in [3.8, 4) is 17.2 Å². The van der Waals surface area contributed by atoms with Crippen molar-refractivity contribution in [1.29, 1.82) is 5.26 Å². The summed E-state index contributed by atoms with van der Waals surface area (Å²) in [5.41, 5.74) is 4.51. The van der Waals surface area contributed by atoms with Crippen LogP contribution in [0.5, 0.6) is 0 Å². The molecule has 0 unspecified atom stereocenters. The highest BCUT2D eigenvalue weighted by Crippen LogP contribution is 2.24. The average Bonchev–Trinajstić information content (AvgIpc) is 2.76. The van der Waals surface area contributed by atoms with Gasteiger partial charge in [-0.3, -0.25) is 9.59 Å². The lowest BCUT2D eigenvalue weighted by Gasteiger charge is -2.15. The van der Waals surface area contributed by atoms with Crippen LogP contribution in [0.15, 0.2) is 65.5 Å². The second-order valence-corrected chi connectivity index (χ2v) is 7.27. The van der Waals surface area contributed by atoms with E-state index in [1.54, 1.807) is 16.7 Å². The van der Waals surface area contributed by atoms with Gasteiger partial charge in [-0.1, -0.05) is 55.8 Å². The molecular weight excluding hydrogens is 374 g/mol. The van der Waals surface area contributed by atoms with Crippen LogP contribution < -0.4 is 10.9 Å². The lowest BCUT2D eigenvalue weighted by molar-refractivity contribution is -0.114. The molecule has 2 aromatic carbocycles. The van der Waals surface area contributed by atoms with Crippen molar-refractivity contribution < 1.29 is 4.79 Å². The molecule has 5 nitrogen and oxygen atoms in total. The molecule has 0 saturated carbocycles. The number of benzene rings is 2. The van der Waals surface area contributed by atoms with Crippen LogP contribution in [0.25, 0.3) is 11.1 Å². The third kappa shape index (κ3) is 4.84. The summed E-state index contributed by atoms with van der Waals surface area (Å²) >= 11 is 0. The molecule has 152 valence electrons. The van der Waals surface area contributed by atoms with Crippen molar-refractivity contribution in [2.75, 3.05) is 5.32 Å². The Kier molecular flexibility index (Phi) is 6.82. The summed E-state index contributed by atoms with van der Waals surface area (Å²) in [6.45, 7) is 3.93. The minimum Gasteiger partial charge on any atom is -0.322 e. The number of carbonyl (C=O) groups excluding carboxylic acids is 1. The third-order valence-electron chi connectivity index (χ3n) is 5.01. The minimum atomic E-state index is -0.263. The number of hydrogen-bond acceptors (Lipinski definition) is 3.